The highest BCUT2D eigenvalue weighted by Crippen LogP contribution is 2.15. The molecule has 1 aliphatic rings. The van der Waals surface area contributed by atoms with E-state index >= 15 is 0 Å². The van der Waals surface area contributed by atoms with Crippen LogP contribution in [0.15, 0.2) is 29.3 Å². The minimum atomic E-state index is 0. The number of aromatic nitrogens is 2. The second-order valence-corrected chi connectivity index (χ2v) is 7.24. The summed E-state index contributed by atoms with van der Waals surface area (Å²) in [6, 6.07) is 8.34. The van der Waals surface area contributed by atoms with Crippen LogP contribution in [-0.4, -0.2) is 59.7 Å². The first-order chi connectivity index (χ1) is 13.3. The number of nitrogens with zero attached hydrogens (tertiary/aromatic N) is 4. The van der Waals surface area contributed by atoms with Crippen LogP contribution in [0, 0.1) is 6.92 Å². The van der Waals surface area contributed by atoms with E-state index in [4.69, 9.17) is 4.99 Å². The van der Waals surface area contributed by atoms with E-state index in [-0.39, 0.29) is 24.0 Å². The van der Waals surface area contributed by atoms with Gasteiger partial charge in [0.25, 0.3) is 0 Å². The Bertz CT molecular complexity index is 736. The molecule has 3 rings (SSSR count). The van der Waals surface area contributed by atoms with Crippen molar-refractivity contribution in [2.75, 3.05) is 39.3 Å². The van der Waals surface area contributed by atoms with E-state index in [1.54, 1.807) is 0 Å². The van der Waals surface area contributed by atoms with Crippen molar-refractivity contribution in [2.24, 2.45) is 4.99 Å². The zero-order chi connectivity index (χ0) is 18.9. The van der Waals surface area contributed by atoms with E-state index in [9.17, 15) is 0 Å². The van der Waals surface area contributed by atoms with E-state index in [0.29, 0.717) is 0 Å². The van der Waals surface area contributed by atoms with Gasteiger partial charge in [0, 0.05) is 32.7 Å². The van der Waals surface area contributed by atoms with Crippen molar-refractivity contribution in [3.63, 3.8) is 0 Å². The number of piperidine rings is 1. The number of aryl methyl sites for hydroxylation is 2. The fourth-order valence-electron chi connectivity index (χ4n) is 3.76. The van der Waals surface area contributed by atoms with Gasteiger partial charge >= 0.3 is 0 Å². The Morgan fingerprint density at radius 2 is 1.89 bits per heavy atom. The minimum absolute atomic E-state index is 0. The van der Waals surface area contributed by atoms with Gasteiger partial charge in [0.05, 0.1) is 11.0 Å². The zero-order valence-corrected chi connectivity index (χ0v) is 19.6. The third-order valence-electron chi connectivity index (χ3n) is 5.17. The van der Waals surface area contributed by atoms with Crippen molar-refractivity contribution < 1.29 is 0 Å². The third kappa shape index (κ3) is 6.62. The van der Waals surface area contributed by atoms with Gasteiger partial charge in [-0.2, -0.15) is 0 Å². The number of rotatable bonds is 8. The highest BCUT2D eigenvalue weighted by molar-refractivity contribution is 14.0. The lowest BCUT2D eigenvalue weighted by molar-refractivity contribution is 0.232. The molecule has 0 amide bonds. The predicted octanol–water partition coefficient (Wildman–Crippen LogP) is 3.39. The Hall–Kier alpha value is -1.35. The SMILES string of the molecule is CCNC(=NCCCn1c(C)nc2ccccc21)NCCN1CCCCC1.I. The van der Waals surface area contributed by atoms with Gasteiger partial charge in [0.2, 0.25) is 0 Å². The summed E-state index contributed by atoms with van der Waals surface area (Å²) in [6.45, 7) is 11.4. The number of halogens is 1. The molecular weight excluding hydrogens is 463 g/mol. The molecule has 0 bridgehead atoms. The van der Waals surface area contributed by atoms with Crippen LogP contribution in [0.4, 0.5) is 0 Å². The molecule has 0 radical (unpaired) electrons. The largest absolute Gasteiger partial charge is 0.357 e. The monoisotopic (exact) mass is 498 g/mol. The normalized spacial score (nSPS) is 15.4. The molecule has 2 aromatic rings. The summed E-state index contributed by atoms with van der Waals surface area (Å²) in [5.74, 6) is 2.01. The van der Waals surface area contributed by atoms with Crippen molar-refractivity contribution >= 4 is 41.0 Å². The fourth-order valence-corrected chi connectivity index (χ4v) is 3.76. The molecule has 2 N–H and O–H groups in total. The van der Waals surface area contributed by atoms with Gasteiger partial charge in [-0.05, 0) is 58.3 Å². The Balaban J connectivity index is 0.00000280. The molecule has 1 aromatic heterocycles. The van der Waals surface area contributed by atoms with Crippen LogP contribution < -0.4 is 10.6 Å². The lowest BCUT2D eigenvalue weighted by Gasteiger charge is -2.26. The predicted molar refractivity (Wildman–Crippen MR) is 129 cm³/mol. The molecule has 1 aromatic carbocycles. The maximum atomic E-state index is 4.75. The van der Waals surface area contributed by atoms with Gasteiger partial charge < -0.3 is 20.1 Å². The summed E-state index contributed by atoms with van der Waals surface area (Å²) in [5, 5.41) is 6.84. The molecule has 28 heavy (non-hydrogen) atoms. The number of para-hydroxylation sites is 2. The second-order valence-electron chi connectivity index (χ2n) is 7.24. The summed E-state index contributed by atoms with van der Waals surface area (Å²) in [6.07, 6.45) is 5.08. The van der Waals surface area contributed by atoms with Crippen molar-refractivity contribution in [1.29, 1.82) is 0 Å². The maximum absolute atomic E-state index is 4.75. The first-order valence-electron chi connectivity index (χ1n) is 10.4. The molecule has 156 valence electrons. The highest BCUT2D eigenvalue weighted by Gasteiger charge is 2.09. The summed E-state index contributed by atoms with van der Waals surface area (Å²) in [7, 11) is 0. The van der Waals surface area contributed by atoms with Gasteiger partial charge in [0.1, 0.15) is 5.82 Å². The lowest BCUT2D eigenvalue weighted by Crippen LogP contribution is -2.42. The summed E-state index contributed by atoms with van der Waals surface area (Å²) in [4.78, 5) is 11.9. The average molecular weight is 498 g/mol. The molecule has 1 saturated heterocycles. The molecule has 1 fully saturated rings. The van der Waals surface area contributed by atoms with Crippen LogP contribution in [0.5, 0.6) is 0 Å². The van der Waals surface area contributed by atoms with E-state index in [0.717, 1.165) is 56.4 Å². The van der Waals surface area contributed by atoms with Gasteiger partial charge in [-0.1, -0.05) is 18.6 Å². The number of guanidine groups is 1. The maximum Gasteiger partial charge on any atom is 0.191 e. The molecule has 7 heteroatoms. The molecule has 6 nitrogen and oxygen atoms in total. The smallest absolute Gasteiger partial charge is 0.191 e. The van der Waals surface area contributed by atoms with Crippen LogP contribution >= 0.6 is 24.0 Å². The number of likely N-dealkylation sites (tertiary alicyclic amines) is 1. The zero-order valence-electron chi connectivity index (χ0n) is 17.3. The molecule has 0 aliphatic carbocycles. The van der Waals surface area contributed by atoms with Crippen LogP contribution in [0.3, 0.4) is 0 Å². The quantitative estimate of drug-likeness (QED) is 0.254. The van der Waals surface area contributed by atoms with E-state index in [2.05, 4.69) is 57.1 Å². The third-order valence-corrected chi connectivity index (χ3v) is 5.17. The highest BCUT2D eigenvalue weighted by atomic mass is 127. The van der Waals surface area contributed by atoms with Crippen LogP contribution in [0.25, 0.3) is 11.0 Å². The molecule has 0 unspecified atom stereocenters. The molecule has 0 atom stereocenters. The van der Waals surface area contributed by atoms with Gasteiger partial charge in [-0.25, -0.2) is 4.98 Å². The van der Waals surface area contributed by atoms with Crippen LogP contribution in [0.2, 0.25) is 0 Å². The molecule has 1 aliphatic heterocycles. The molecular formula is C21H35IN6. The Morgan fingerprint density at radius 1 is 1.11 bits per heavy atom. The molecule has 0 saturated carbocycles. The molecule has 2 heterocycles. The van der Waals surface area contributed by atoms with Crippen molar-refractivity contribution in [3.8, 4) is 0 Å². The Labute approximate surface area is 186 Å². The lowest BCUT2D eigenvalue weighted by atomic mass is 10.1. The minimum Gasteiger partial charge on any atom is -0.357 e. The average Bonchev–Trinajstić information content (AvgIpc) is 3.01. The number of aliphatic imine (C=N–C) groups is 1. The number of nitrogens with one attached hydrogen (secondary N) is 2. The number of hydrogen-bond acceptors (Lipinski definition) is 3. The molecule has 0 spiro atoms. The second kappa shape index (κ2) is 12.3. The van der Waals surface area contributed by atoms with Gasteiger partial charge in [-0.3, -0.25) is 4.99 Å². The number of fused-ring (bicyclic) bond motifs is 1. The van der Waals surface area contributed by atoms with Crippen molar-refractivity contribution in [1.82, 2.24) is 25.1 Å². The number of imidazole rings is 1. The topological polar surface area (TPSA) is 57.5 Å². The van der Waals surface area contributed by atoms with Gasteiger partial charge in [-0.15, -0.1) is 24.0 Å². The van der Waals surface area contributed by atoms with E-state index in [1.807, 2.05) is 6.07 Å². The van der Waals surface area contributed by atoms with Crippen molar-refractivity contribution in [2.45, 2.75) is 46.1 Å². The van der Waals surface area contributed by atoms with Crippen LogP contribution in [0.1, 0.15) is 38.4 Å². The fraction of sp³-hybridized carbons (Fsp3) is 0.619. The van der Waals surface area contributed by atoms with Crippen molar-refractivity contribution in [3.05, 3.63) is 30.1 Å². The van der Waals surface area contributed by atoms with Gasteiger partial charge in [0.15, 0.2) is 5.96 Å². The van der Waals surface area contributed by atoms with E-state index in [1.165, 1.54) is 37.9 Å². The standard InChI is InChI=1S/C21H34N6.HI/c1-3-22-21(24-13-17-26-14-7-4-8-15-26)23-12-9-16-27-18(2)25-19-10-5-6-11-20(19)27;/h5-6,10-11H,3-4,7-9,12-17H2,1-2H3,(H2,22,23,24);1H. The Morgan fingerprint density at radius 3 is 2.68 bits per heavy atom. The van der Waals surface area contributed by atoms with E-state index < -0.39 is 0 Å². The first kappa shape index (κ1) is 22.9. The summed E-state index contributed by atoms with van der Waals surface area (Å²) in [5.41, 5.74) is 2.29. The number of hydrogen-bond donors (Lipinski definition) is 2. The summed E-state index contributed by atoms with van der Waals surface area (Å²) < 4.78 is 2.29. The Kier molecular flexibility index (Phi) is 10.0. The van der Waals surface area contributed by atoms with Crippen LogP contribution in [-0.2, 0) is 6.54 Å². The number of benzene rings is 1. The summed E-state index contributed by atoms with van der Waals surface area (Å²) >= 11 is 0. The first-order valence-corrected chi connectivity index (χ1v) is 10.4.